The van der Waals surface area contributed by atoms with Crippen LogP contribution in [0.5, 0.6) is 0 Å². The molecule has 95 heavy (non-hydrogen) atoms. The van der Waals surface area contributed by atoms with Crippen LogP contribution in [0.4, 0.5) is 10.5 Å². The van der Waals surface area contributed by atoms with E-state index < -0.39 is 66.1 Å². The average molecular weight is 1330 g/mol. The largest absolute Gasteiger partial charge is 0.379 e. The number of nitrogens with one attached hydrogen (secondary N) is 6. The molecule has 8 N–H and O–H groups in total. The lowest BCUT2D eigenvalue weighted by molar-refractivity contribution is -0.147. The highest BCUT2D eigenvalue weighted by Gasteiger charge is 2.44. The molecule has 23 heteroatoms. The predicted octanol–water partition coefficient (Wildman–Crippen LogP) is 6.76. The molecule has 2 saturated heterocycles. The standard InChI is InChI=1S/C72H120N12O11/c1-18-47(8)66(82(15)71(92)64(45(4)5)78-50(11)65(46(6)7)81(13)14)60(94-16)42-62(88)84-36-22-26-57(84)67(95-17)49(10)58(85)41-54(39-56-25-19-20-33-75-56)69(90)77-43-51-28-30-55(31-29-51)79-70(91)52(24-21-34-76-72(73)93)40-59(86)63(44(2)3)80-61(87)27-23-35-83-37-32-53(38-48(83)9)68(89)74-12/h19-20,25,28-31,33,44-50,52-54,57,60,63-67,78H,18,21-24,26-27,32,34-43H2,1-17H3,(H,74,89)(H,77,90)(H,79,91)(H,80,87)(H3,73,76,93)/t47-,48?,49-,50?,52+,53?,54+,57-,60+,63-,64-,65-,66-,67+/m0/s1. The van der Waals surface area contributed by atoms with Crippen LogP contribution in [-0.4, -0.2) is 201 Å². The Morgan fingerprint density at radius 3 is 2.00 bits per heavy atom. The van der Waals surface area contributed by atoms with Gasteiger partial charge in [-0.3, -0.25) is 43.3 Å². The summed E-state index contributed by atoms with van der Waals surface area (Å²) in [5.41, 5.74) is 7.11. The van der Waals surface area contributed by atoms with E-state index in [-0.39, 0.29) is 135 Å². The first-order valence-corrected chi connectivity index (χ1v) is 34.9. The van der Waals surface area contributed by atoms with Gasteiger partial charge in [0.05, 0.1) is 48.7 Å². The number of hydrogen-bond donors (Lipinski definition) is 7. The van der Waals surface area contributed by atoms with Crippen LogP contribution >= 0.6 is 0 Å². The van der Waals surface area contributed by atoms with Crippen LogP contribution < -0.4 is 37.6 Å². The molecule has 4 rings (SSSR count). The molecule has 2 fully saturated rings. The van der Waals surface area contributed by atoms with Crippen LogP contribution in [0.2, 0.25) is 0 Å². The lowest BCUT2D eigenvalue weighted by atomic mass is 9.85. The molecular formula is C72H120N12O11. The molecule has 0 saturated carbocycles. The predicted molar refractivity (Wildman–Crippen MR) is 371 cm³/mol. The number of rotatable bonds is 41. The Bertz CT molecular complexity index is 2740. The number of aromatic nitrogens is 1. The van der Waals surface area contributed by atoms with Crippen molar-refractivity contribution in [2.45, 2.75) is 221 Å². The Kier molecular flexibility index (Phi) is 34.4. The van der Waals surface area contributed by atoms with Gasteiger partial charge in [0.2, 0.25) is 35.4 Å². The quantitative estimate of drug-likeness (QED) is 0.0339. The summed E-state index contributed by atoms with van der Waals surface area (Å²) in [6.45, 7) is 24.6. The molecule has 23 nitrogen and oxygen atoms in total. The lowest BCUT2D eigenvalue weighted by Gasteiger charge is -2.42. The van der Waals surface area contributed by atoms with Gasteiger partial charge >= 0.3 is 6.03 Å². The molecule has 2 aliphatic heterocycles. The van der Waals surface area contributed by atoms with E-state index >= 15 is 0 Å². The van der Waals surface area contributed by atoms with E-state index in [1.54, 1.807) is 69.6 Å². The highest BCUT2D eigenvalue weighted by atomic mass is 16.5. The molecule has 14 atom stereocenters. The minimum absolute atomic E-state index is 0.00701. The molecule has 2 aromatic rings. The van der Waals surface area contributed by atoms with Gasteiger partial charge in [0.1, 0.15) is 5.78 Å². The summed E-state index contributed by atoms with van der Waals surface area (Å²) in [4.78, 5) is 136. The number of methoxy groups -OCH3 is 2. The maximum absolute atomic E-state index is 14.7. The van der Waals surface area contributed by atoms with Crippen molar-refractivity contribution in [1.29, 1.82) is 0 Å². The minimum atomic E-state index is -0.832. The first kappa shape index (κ1) is 81.0. The minimum Gasteiger partial charge on any atom is -0.379 e. The van der Waals surface area contributed by atoms with E-state index in [1.165, 1.54) is 0 Å². The number of hydrogen-bond acceptors (Lipinski definition) is 15. The molecule has 534 valence electrons. The number of nitrogens with zero attached hydrogens (tertiary/aromatic N) is 5. The Morgan fingerprint density at radius 1 is 0.758 bits per heavy atom. The van der Waals surface area contributed by atoms with E-state index in [4.69, 9.17) is 15.2 Å². The lowest BCUT2D eigenvalue weighted by Crippen LogP contribution is -2.60. The number of amides is 8. The zero-order valence-electron chi connectivity index (χ0n) is 60.5. The Balaban J connectivity index is 1.43. The van der Waals surface area contributed by atoms with E-state index in [1.807, 2.05) is 51.8 Å². The third-order valence-electron chi connectivity index (χ3n) is 19.9. The Morgan fingerprint density at radius 2 is 1.43 bits per heavy atom. The van der Waals surface area contributed by atoms with Gasteiger partial charge in [-0.15, -0.1) is 0 Å². The fourth-order valence-electron chi connectivity index (χ4n) is 14.4. The summed E-state index contributed by atoms with van der Waals surface area (Å²) in [6.07, 6.45) is 5.22. The third kappa shape index (κ3) is 24.9. The number of Topliss-reactive ketones (excluding diaryl/α,β-unsaturated/α-hetero) is 2. The van der Waals surface area contributed by atoms with Gasteiger partial charge in [-0.2, -0.15) is 0 Å². The highest BCUT2D eigenvalue weighted by Crippen LogP contribution is 2.32. The number of anilines is 1. The molecule has 0 radical (unpaired) electrons. The molecule has 1 aromatic carbocycles. The number of urea groups is 1. The summed E-state index contributed by atoms with van der Waals surface area (Å²) in [5.74, 6) is -3.95. The zero-order valence-corrected chi connectivity index (χ0v) is 60.5. The topological polar surface area (TPSA) is 296 Å². The molecule has 1 aromatic heterocycles. The van der Waals surface area contributed by atoms with Crippen molar-refractivity contribution in [2.24, 2.45) is 53.1 Å². The number of benzene rings is 1. The molecule has 3 unspecified atom stereocenters. The number of nitrogens with two attached hydrogens (primary N) is 1. The zero-order chi connectivity index (χ0) is 70.8. The van der Waals surface area contributed by atoms with Crippen LogP contribution in [0.3, 0.4) is 0 Å². The number of ether oxygens (including phenoxy) is 2. The van der Waals surface area contributed by atoms with Gasteiger partial charge in [0, 0.05) is 127 Å². The number of ketones is 2. The summed E-state index contributed by atoms with van der Waals surface area (Å²) >= 11 is 0. The fourth-order valence-corrected chi connectivity index (χ4v) is 14.4. The fraction of sp³-hybridized carbons (Fsp3) is 0.722. The highest BCUT2D eigenvalue weighted by molar-refractivity contribution is 5.97. The maximum Gasteiger partial charge on any atom is 0.312 e. The second-order valence-corrected chi connectivity index (χ2v) is 28.2. The number of likely N-dealkylation sites (N-methyl/N-ethyl adjacent to an activating group) is 2. The first-order chi connectivity index (χ1) is 45.0. The second kappa shape index (κ2) is 40.3. The number of carbonyl (C=O) groups excluding carboxylic acids is 9. The number of pyridine rings is 1. The van der Waals surface area contributed by atoms with Gasteiger partial charge in [-0.25, -0.2) is 4.79 Å². The molecule has 0 bridgehead atoms. The van der Waals surface area contributed by atoms with Gasteiger partial charge in [-0.05, 0) is 139 Å². The summed E-state index contributed by atoms with van der Waals surface area (Å²) in [5, 5.41) is 17.9. The van der Waals surface area contributed by atoms with Gasteiger partial charge < -0.3 is 66.7 Å². The van der Waals surface area contributed by atoms with E-state index in [9.17, 15) is 43.2 Å². The van der Waals surface area contributed by atoms with Crippen molar-refractivity contribution < 1.29 is 52.6 Å². The van der Waals surface area contributed by atoms with Crippen molar-refractivity contribution in [3.63, 3.8) is 0 Å². The van der Waals surface area contributed by atoms with Crippen molar-refractivity contribution in [3.05, 3.63) is 59.9 Å². The van der Waals surface area contributed by atoms with Crippen LogP contribution in [0.15, 0.2) is 48.7 Å². The smallest absolute Gasteiger partial charge is 0.312 e. The summed E-state index contributed by atoms with van der Waals surface area (Å²) < 4.78 is 12.3. The van der Waals surface area contributed by atoms with E-state index in [0.29, 0.717) is 61.6 Å². The Hall–Kier alpha value is -6.40. The van der Waals surface area contributed by atoms with Gasteiger partial charge in [0.25, 0.3) is 0 Å². The monoisotopic (exact) mass is 1330 g/mol. The molecule has 8 amide bonds. The average Bonchev–Trinajstić information content (AvgIpc) is 1.80. The second-order valence-electron chi connectivity index (χ2n) is 28.2. The number of primary amides is 1. The first-order valence-electron chi connectivity index (χ1n) is 34.9. The number of piperidine rings is 1. The van der Waals surface area contributed by atoms with Crippen molar-refractivity contribution in [3.8, 4) is 0 Å². The van der Waals surface area contributed by atoms with Crippen LogP contribution in [-0.2, 0) is 60.8 Å². The van der Waals surface area contributed by atoms with Crippen molar-refractivity contribution >= 4 is 58.7 Å². The Labute approximate surface area is 567 Å². The third-order valence-corrected chi connectivity index (χ3v) is 19.9. The van der Waals surface area contributed by atoms with Crippen LogP contribution in [0.25, 0.3) is 0 Å². The number of likely N-dealkylation sites (tertiary alicyclic amines) is 2. The van der Waals surface area contributed by atoms with E-state index in [2.05, 4.69) is 102 Å². The molecule has 0 spiro atoms. The van der Waals surface area contributed by atoms with Crippen LogP contribution in [0, 0.1) is 47.3 Å². The summed E-state index contributed by atoms with van der Waals surface area (Å²) in [6, 6.07) is 9.89. The van der Waals surface area contributed by atoms with Crippen molar-refractivity contribution in [1.82, 2.24) is 51.2 Å². The molecule has 2 aliphatic rings. The van der Waals surface area contributed by atoms with E-state index in [0.717, 1.165) is 25.8 Å². The van der Waals surface area contributed by atoms with Crippen LogP contribution in [0.1, 0.15) is 164 Å². The number of carbonyl (C=O) groups is 9. The molecule has 3 heterocycles. The summed E-state index contributed by atoms with van der Waals surface area (Å²) in [7, 11) is 10.7. The maximum atomic E-state index is 14.7. The normalized spacial score (nSPS) is 19.5. The van der Waals surface area contributed by atoms with Gasteiger partial charge in [-0.1, -0.05) is 86.9 Å². The van der Waals surface area contributed by atoms with Crippen molar-refractivity contribution in [2.75, 3.05) is 73.9 Å². The van der Waals surface area contributed by atoms with Gasteiger partial charge in [0.15, 0.2) is 5.78 Å². The SMILES string of the molecule is CC[C@H](C)[C@@H]([C@@H](CC(=O)N1CCC[C@H]1[C@H](OC)[C@@H](C)C(=O)C[C@@H](Cc1ccccn1)C(=O)NCc1ccc(NC(=O)[C@H](CCCNC(N)=O)CC(=O)[C@@H](NC(=O)CCCN2CCC(C(=O)NC)CC2C)C(C)C)cc1)OC)N(C)C(=O)[C@@H](NC(C)[C@H](C(C)C)N(C)C)C(C)C. The molecular weight excluding hydrogens is 1210 g/mol. The molecule has 0 aliphatic carbocycles.